The van der Waals surface area contributed by atoms with Gasteiger partial charge >= 0.3 is 0 Å². The fourth-order valence-electron chi connectivity index (χ4n) is 3.64. The molecule has 0 atom stereocenters. The van der Waals surface area contributed by atoms with Gasteiger partial charge in [-0.15, -0.1) is 0 Å². The summed E-state index contributed by atoms with van der Waals surface area (Å²) in [5.41, 5.74) is 3.14. The molecule has 1 amide bonds. The molecule has 3 aromatic rings. The normalized spacial score (nSPS) is 13.6. The molecule has 0 fully saturated rings. The number of carbonyl (C=O) groups excluding carboxylic acids is 1. The lowest BCUT2D eigenvalue weighted by molar-refractivity contribution is -0.118. The van der Waals surface area contributed by atoms with E-state index in [-0.39, 0.29) is 5.91 Å². The van der Waals surface area contributed by atoms with Gasteiger partial charge in [-0.3, -0.25) is 4.79 Å². The Bertz CT molecular complexity index is 966. The van der Waals surface area contributed by atoms with E-state index in [1.54, 1.807) is 0 Å². The maximum Gasteiger partial charge on any atom is 0.227 e. The van der Waals surface area contributed by atoms with Crippen LogP contribution in [0.1, 0.15) is 37.6 Å². The van der Waals surface area contributed by atoms with Gasteiger partial charge in [-0.25, -0.2) is 0 Å². The Morgan fingerprint density at radius 3 is 2.79 bits per heavy atom. The number of carbonyl (C=O) groups is 1. The number of aromatic nitrogens is 2. The van der Waals surface area contributed by atoms with Crippen LogP contribution < -0.4 is 9.64 Å². The van der Waals surface area contributed by atoms with Crippen molar-refractivity contribution >= 4 is 11.6 Å². The SMILES string of the molecule is CCOc1ccc(-c2noc(CCC(=O)N3CCCCc4ccccc43)n2)cc1. The highest BCUT2D eigenvalue weighted by Gasteiger charge is 2.21. The Hall–Kier alpha value is -3.15. The highest BCUT2D eigenvalue weighted by atomic mass is 16.5. The molecule has 0 N–H and O–H groups in total. The summed E-state index contributed by atoms with van der Waals surface area (Å²) in [7, 11) is 0. The Morgan fingerprint density at radius 2 is 1.97 bits per heavy atom. The van der Waals surface area contributed by atoms with Crippen LogP contribution in [0.25, 0.3) is 11.4 Å². The van der Waals surface area contributed by atoms with Gasteiger partial charge in [-0.1, -0.05) is 23.4 Å². The molecular formula is C23H25N3O3. The van der Waals surface area contributed by atoms with E-state index in [0.29, 0.717) is 31.2 Å². The molecule has 1 aromatic heterocycles. The molecule has 1 aliphatic rings. The molecule has 150 valence electrons. The van der Waals surface area contributed by atoms with Crippen molar-refractivity contribution in [3.05, 3.63) is 60.0 Å². The number of nitrogens with zero attached hydrogens (tertiary/aromatic N) is 3. The van der Waals surface area contributed by atoms with E-state index >= 15 is 0 Å². The summed E-state index contributed by atoms with van der Waals surface area (Å²) in [6.45, 7) is 3.34. The predicted octanol–water partition coefficient (Wildman–Crippen LogP) is 4.44. The van der Waals surface area contributed by atoms with Crippen molar-refractivity contribution in [2.24, 2.45) is 0 Å². The second-order valence-corrected chi connectivity index (χ2v) is 7.10. The molecule has 0 bridgehead atoms. The van der Waals surface area contributed by atoms with Crippen LogP contribution >= 0.6 is 0 Å². The molecule has 2 aromatic carbocycles. The van der Waals surface area contributed by atoms with Crippen molar-refractivity contribution in [1.29, 1.82) is 0 Å². The first-order valence-corrected chi connectivity index (χ1v) is 10.2. The number of rotatable bonds is 6. The number of fused-ring (bicyclic) bond motifs is 1. The highest BCUT2D eigenvalue weighted by molar-refractivity contribution is 5.94. The first-order valence-electron chi connectivity index (χ1n) is 10.2. The standard InChI is InChI=1S/C23H25N3O3/c1-2-28-19-12-10-18(11-13-19)23-24-21(29-25-23)14-15-22(27)26-16-6-5-8-17-7-3-4-9-20(17)26/h3-4,7,9-13H,2,5-6,8,14-16H2,1H3. The molecule has 0 saturated heterocycles. The maximum absolute atomic E-state index is 12.9. The van der Waals surface area contributed by atoms with Crippen LogP contribution in [0.3, 0.4) is 0 Å². The van der Waals surface area contributed by atoms with Gasteiger partial charge in [0, 0.05) is 30.6 Å². The van der Waals surface area contributed by atoms with E-state index in [2.05, 4.69) is 16.2 Å². The van der Waals surface area contributed by atoms with Gasteiger partial charge in [0.2, 0.25) is 17.6 Å². The summed E-state index contributed by atoms with van der Waals surface area (Å²) in [5, 5.41) is 4.05. The van der Waals surface area contributed by atoms with Gasteiger partial charge in [0.1, 0.15) is 5.75 Å². The van der Waals surface area contributed by atoms with Gasteiger partial charge in [-0.2, -0.15) is 4.98 Å². The van der Waals surface area contributed by atoms with Crippen molar-refractivity contribution in [3.63, 3.8) is 0 Å². The molecule has 1 aliphatic heterocycles. The first kappa shape index (κ1) is 19.2. The number of hydrogen-bond acceptors (Lipinski definition) is 5. The van der Waals surface area contributed by atoms with E-state index in [4.69, 9.17) is 9.26 Å². The number of benzene rings is 2. The molecule has 6 nitrogen and oxygen atoms in total. The predicted molar refractivity (Wildman–Crippen MR) is 111 cm³/mol. The summed E-state index contributed by atoms with van der Waals surface area (Å²) in [4.78, 5) is 19.2. The van der Waals surface area contributed by atoms with Gasteiger partial charge < -0.3 is 14.2 Å². The third kappa shape index (κ3) is 4.47. The molecule has 29 heavy (non-hydrogen) atoms. The topological polar surface area (TPSA) is 68.5 Å². The lowest BCUT2D eigenvalue weighted by atomic mass is 10.1. The first-order chi connectivity index (χ1) is 14.2. The number of anilines is 1. The third-order valence-electron chi connectivity index (χ3n) is 5.11. The average Bonchev–Trinajstić information content (AvgIpc) is 3.12. The smallest absolute Gasteiger partial charge is 0.227 e. The lowest BCUT2D eigenvalue weighted by Crippen LogP contribution is -2.31. The van der Waals surface area contributed by atoms with Gasteiger partial charge in [0.05, 0.1) is 6.61 Å². The van der Waals surface area contributed by atoms with Crippen LogP contribution in [0.2, 0.25) is 0 Å². The minimum absolute atomic E-state index is 0.0974. The molecule has 4 rings (SSSR count). The Labute approximate surface area is 170 Å². The van der Waals surface area contributed by atoms with Crippen molar-refractivity contribution in [2.75, 3.05) is 18.1 Å². The molecule has 0 unspecified atom stereocenters. The Balaban J connectivity index is 1.40. The molecule has 0 aliphatic carbocycles. The second-order valence-electron chi connectivity index (χ2n) is 7.10. The number of para-hydroxylation sites is 1. The number of hydrogen-bond donors (Lipinski definition) is 0. The van der Waals surface area contributed by atoms with Gasteiger partial charge in [0.25, 0.3) is 0 Å². The molecular weight excluding hydrogens is 366 g/mol. The number of ether oxygens (including phenoxy) is 1. The van der Waals surface area contributed by atoms with Crippen LogP contribution in [0, 0.1) is 0 Å². The lowest BCUT2D eigenvalue weighted by Gasteiger charge is -2.22. The van der Waals surface area contributed by atoms with Crippen molar-refractivity contribution in [1.82, 2.24) is 10.1 Å². The largest absolute Gasteiger partial charge is 0.494 e. The van der Waals surface area contributed by atoms with Crippen LogP contribution in [0.4, 0.5) is 5.69 Å². The van der Waals surface area contributed by atoms with Crippen molar-refractivity contribution < 1.29 is 14.1 Å². The van der Waals surface area contributed by atoms with E-state index < -0.39 is 0 Å². The highest BCUT2D eigenvalue weighted by Crippen LogP contribution is 2.27. The van der Waals surface area contributed by atoms with Crippen molar-refractivity contribution in [3.8, 4) is 17.1 Å². The number of aryl methyl sites for hydroxylation is 2. The molecule has 2 heterocycles. The molecule has 0 spiro atoms. The van der Waals surface area contributed by atoms with Gasteiger partial charge in [0.15, 0.2) is 0 Å². The fraction of sp³-hybridized carbons (Fsp3) is 0.348. The third-order valence-corrected chi connectivity index (χ3v) is 5.11. The zero-order chi connectivity index (χ0) is 20.1. The average molecular weight is 391 g/mol. The molecule has 0 saturated carbocycles. The Kier molecular flexibility index (Phi) is 5.89. The minimum Gasteiger partial charge on any atom is -0.494 e. The van der Waals surface area contributed by atoms with Crippen LogP contribution in [0.15, 0.2) is 53.1 Å². The fourth-order valence-corrected chi connectivity index (χ4v) is 3.64. The Morgan fingerprint density at radius 1 is 1.14 bits per heavy atom. The summed E-state index contributed by atoms with van der Waals surface area (Å²) in [6.07, 6.45) is 3.93. The zero-order valence-electron chi connectivity index (χ0n) is 16.6. The maximum atomic E-state index is 12.9. The van der Waals surface area contributed by atoms with Crippen LogP contribution in [0.5, 0.6) is 5.75 Å². The van der Waals surface area contributed by atoms with Crippen LogP contribution in [-0.4, -0.2) is 29.2 Å². The zero-order valence-corrected chi connectivity index (χ0v) is 16.6. The van der Waals surface area contributed by atoms with Gasteiger partial charge in [-0.05, 0) is 62.1 Å². The summed E-state index contributed by atoms with van der Waals surface area (Å²) >= 11 is 0. The van der Waals surface area contributed by atoms with Crippen molar-refractivity contribution in [2.45, 2.75) is 39.0 Å². The minimum atomic E-state index is 0.0974. The summed E-state index contributed by atoms with van der Waals surface area (Å²) in [6, 6.07) is 15.7. The van der Waals surface area contributed by atoms with E-state index in [9.17, 15) is 4.79 Å². The molecule has 0 radical (unpaired) electrons. The summed E-state index contributed by atoms with van der Waals surface area (Å²) < 4.78 is 10.8. The number of amides is 1. The van der Waals surface area contributed by atoms with E-state index in [1.807, 2.05) is 54.3 Å². The van der Waals surface area contributed by atoms with E-state index in [0.717, 1.165) is 42.8 Å². The quantitative estimate of drug-likeness (QED) is 0.621. The monoisotopic (exact) mass is 391 g/mol. The van der Waals surface area contributed by atoms with Crippen LogP contribution in [-0.2, 0) is 17.6 Å². The summed E-state index contributed by atoms with van der Waals surface area (Å²) in [5.74, 6) is 1.91. The molecule has 6 heteroatoms. The second kappa shape index (κ2) is 8.90. The van der Waals surface area contributed by atoms with E-state index in [1.165, 1.54) is 5.56 Å².